The first-order valence-corrected chi connectivity index (χ1v) is 7.00. The highest BCUT2D eigenvalue weighted by Crippen LogP contribution is 2.21. The van der Waals surface area contributed by atoms with Gasteiger partial charge in [-0.1, -0.05) is 17.7 Å². The van der Waals surface area contributed by atoms with E-state index in [2.05, 4.69) is 30.4 Å². The smallest absolute Gasteiger partial charge is 0.279 e. The van der Waals surface area contributed by atoms with E-state index in [1.54, 1.807) is 0 Å². The lowest BCUT2D eigenvalue weighted by atomic mass is 10.1. The van der Waals surface area contributed by atoms with Gasteiger partial charge in [0.15, 0.2) is 6.54 Å². The van der Waals surface area contributed by atoms with E-state index in [0.717, 1.165) is 34.7 Å². The average Bonchev–Trinajstić information content (AvgIpc) is 2.34. The third-order valence-electron chi connectivity index (χ3n) is 3.30. The van der Waals surface area contributed by atoms with Crippen molar-refractivity contribution in [1.29, 1.82) is 5.26 Å². The monoisotopic (exact) mass is 274 g/mol. The summed E-state index contributed by atoms with van der Waals surface area (Å²) in [7, 11) is 1.98. The first kappa shape index (κ1) is 16.2. The molecule has 1 aromatic rings. The molecule has 0 aromatic heterocycles. The van der Waals surface area contributed by atoms with Gasteiger partial charge in [-0.3, -0.25) is 4.79 Å². The second-order valence-electron chi connectivity index (χ2n) is 5.47. The molecular weight excluding hydrogens is 250 g/mol. The SMILES string of the molecule is Cc1cc(C)c(NC(=O)C[NH+](C)CCCC#N)c(C)c1. The van der Waals surface area contributed by atoms with Gasteiger partial charge in [0, 0.05) is 18.5 Å². The fourth-order valence-electron chi connectivity index (χ4n) is 2.39. The first-order valence-electron chi connectivity index (χ1n) is 7.00. The molecule has 0 radical (unpaired) electrons. The Labute approximate surface area is 121 Å². The number of carbonyl (C=O) groups is 1. The highest BCUT2D eigenvalue weighted by molar-refractivity contribution is 5.93. The maximum atomic E-state index is 12.0. The molecule has 20 heavy (non-hydrogen) atoms. The molecule has 2 N–H and O–H groups in total. The van der Waals surface area contributed by atoms with Crippen LogP contribution in [0.3, 0.4) is 0 Å². The Morgan fingerprint density at radius 2 is 1.90 bits per heavy atom. The van der Waals surface area contributed by atoms with Crippen LogP contribution in [-0.4, -0.2) is 26.0 Å². The summed E-state index contributed by atoms with van der Waals surface area (Å²) in [5.41, 5.74) is 4.32. The number of hydrogen-bond donors (Lipinski definition) is 2. The lowest BCUT2D eigenvalue weighted by Gasteiger charge is -2.15. The zero-order valence-electron chi connectivity index (χ0n) is 12.8. The number of quaternary nitrogens is 1. The molecule has 1 rings (SSSR count). The van der Waals surface area contributed by atoms with Gasteiger partial charge in [0.1, 0.15) is 0 Å². The number of likely N-dealkylation sites (N-methyl/N-ethyl adjacent to an activating group) is 1. The second kappa shape index (κ2) is 7.66. The van der Waals surface area contributed by atoms with Crippen LogP contribution in [0, 0.1) is 32.1 Å². The van der Waals surface area contributed by atoms with Gasteiger partial charge < -0.3 is 10.2 Å². The predicted molar refractivity (Wildman–Crippen MR) is 80.8 cm³/mol. The largest absolute Gasteiger partial charge is 0.330 e. The lowest BCUT2D eigenvalue weighted by molar-refractivity contribution is -0.871. The van der Waals surface area contributed by atoms with Gasteiger partial charge in [-0.2, -0.15) is 5.26 Å². The summed E-state index contributed by atoms with van der Waals surface area (Å²) in [4.78, 5) is 13.2. The zero-order chi connectivity index (χ0) is 15.1. The van der Waals surface area contributed by atoms with Crippen LogP contribution < -0.4 is 10.2 Å². The summed E-state index contributed by atoms with van der Waals surface area (Å²) < 4.78 is 0. The number of aryl methyl sites for hydroxylation is 3. The molecule has 0 bridgehead atoms. The van der Waals surface area contributed by atoms with E-state index in [0.29, 0.717) is 13.0 Å². The normalized spacial score (nSPS) is 11.8. The predicted octanol–water partition coefficient (Wildman–Crippen LogP) is 1.37. The van der Waals surface area contributed by atoms with E-state index in [4.69, 9.17) is 5.26 Å². The second-order valence-corrected chi connectivity index (χ2v) is 5.47. The highest BCUT2D eigenvalue weighted by Gasteiger charge is 2.12. The fourth-order valence-corrected chi connectivity index (χ4v) is 2.39. The molecule has 0 fully saturated rings. The quantitative estimate of drug-likeness (QED) is 0.770. The van der Waals surface area contributed by atoms with Crippen molar-refractivity contribution >= 4 is 11.6 Å². The lowest BCUT2D eigenvalue weighted by Crippen LogP contribution is -3.10. The van der Waals surface area contributed by atoms with Crippen LogP contribution in [0.2, 0.25) is 0 Å². The molecule has 1 aromatic carbocycles. The minimum absolute atomic E-state index is 0.0227. The molecule has 0 heterocycles. The summed E-state index contributed by atoms with van der Waals surface area (Å²) in [6.07, 6.45) is 1.38. The Bertz CT molecular complexity index is 494. The number of nitrogens with one attached hydrogen (secondary N) is 2. The van der Waals surface area contributed by atoms with Gasteiger partial charge in [0.2, 0.25) is 0 Å². The van der Waals surface area contributed by atoms with Crippen molar-refractivity contribution in [2.24, 2.45) is 0 Å². The molecule has 0 saturated carbocycles. The molecule has 108 valence electrons. The van der Waals surface area contributed by atoms with Crippen LogP contribution in [0.5, 0.6) is 0 Å². The van der Waals surface area contributed by atoms with Crippen molar-refractivity contribution in [2.75, 3.05) is 25.5 Å². The summed E-state index contributed by atoms with van der Waals surface area (Å²) in [6.45, 7) is 7.35. The maximum Gasteiger partial charge on any atom is 0.279 e. The minimum Gasteiger partial charge on any atom is -0.330 e. The van der Waals surface area contributed by atoms with E-state index in [1.165, 1.54) is 5.56 Å². The third-order valence-corrected chi connectivity index (χ3v) is 3.30. The van der Waals surface area contributed by atoms with Crippen molar-refractivity contribution in [3.63, 3.8) is 0 Å². The van der Waals surface area contributed by atoms with Crippen LogP contribution in [0.15, 0.2) is 12.1 Å². The molecule has 1 amide bonds. The number of nitrogens with zero attached hydrogens (tertiary/aromatic N) is 1. The number of benzene rings is 1. The Kier molecular flexibility index (Phi) is 6.20. The van der Waals surface area contributed by atoms with Crippen LogP contribution in [0.25, 0.3) is 0 Å². The number of nitriles is 1. The molecule has 0 aliphatic carbocycles. The summed E-state index contributed by atoms with van der Waals surface area (Å²) in [5, 5.41) is 11.5. The first-order chi connectivity index (χ1) is 9.43. The minimum atomic E-state index is 0.0227. The molecule has 0 aliphatic rings. The van der Waals surface area contributed by atoms with E-state index < -0.39 is 0 Å². The Morgan fingerprint density at radius 3 is 2.45 bits per heavy atom. The third kappa shape index (κ3) is 5.02. The van der Waals surface area contributed by atoms with Crippen LogP contribution in [0.4, 0.5) is 5.69 Å². The van der Waals surface area contributed by atoms with Crippen LogP contribution in [0.1, 0.15) is 29.5 Å². The van der Waals surface area contributed by atoms with Gasteiger partial charge in [-0.05, 0) is 31.9 Å². The number of unbranched alkanes of at least 4 members (excludes halogenated alkanes) is 1. The fraction of sp³-hybridized carbons (Fsp3) is 0.500. The zero-order valence-corrected chi connectivity index (χ0v) is 12.8. The highest BCUT2D eigenvalue weighted by atomic mass is 16.2. The van der Waals surface area contributed by atoms with Crippen molar-refractivity contribution < 1.29 is 9.69 Å². The summed E-state index contributed by atoms with van der Waals surface area (Å²) in [6, 6.07) is 6.27. The van der Waals surface area contributed by atoms with E-state index in [1.807, 2.05) is 20.9 Å². The maximum absolute atomic E-state index is 12.0. The molecule has 0 aliphatic heterocycles. The van der Waals surface area contributed by atoms with Crippen LogP contribution in [-0.2, 0) is 4.79 Å². The molecule has 0 spiro atoms. The summed E-state index contributed by atoms with van der Waals surface area (Å²) >= 11 is 0. The molecule has 1 unspecified atom stereocenters. The molecule has 1 atom stereocenters. The van der Waals surface area contributed by atoms with Gasteiger partial charge >= 0.3 is 0 Å². The topological polar surface area (TPSA) is 57.3 Å². The number of rotatable bonds is 6. The van der Waals surface area contributed by atoms with Crippen molar-refractivity contribution in [3.8, 4) is 6.07 Å². The van der Waals surface area contributed by atoms with E-state index in [9.17, 15) is 4.79 Å². The van der Waals surface area contributed by atoms with Crippen LogP contribution >= 0.6 is 0 Å². The van der Waals surface area contributed by atoms with Crippen molar-refractivity contribution in [3.05, 3.63) is 28.8 Å². The van der Waals surface area contributed by atoms with E-state index >= 15 is 0 Å². The Morgan fingerprint density at radius 1 is 1.30 bits per heavy atom. The Hall–Kier alpha value is -1.86. The summed E-state index contributed by atoms with van der Waals surface area (Å²) in [5.74, 6) is 0.0227. The average molecular weight is 274 g/mol. The van der Waals surface area contributed by atoms with Gasteiger partial charge in [-0.15, -0.1) is 0 Å². The standard InChI is InChI=1S/C16H23N3O/c1-12-9-13(2)16(14(3)10-12)18-15(20)11-19(4)8-6-5-7-17/h9-10H,5-6,8,11H2,1-4H3,(H,18,20)/p+1. The molecule has 4 heteroatoms. The van der Waals surface area contributed by atoms with E-state index in [-0.39, 0.29) is 5.91 Å². The number of hydrogen-bond acceptors (Lipinski definition) is 2. The molecule has 4 nitrogen and oxygen atoms in total. The Balaban J connectivity index is 2.57. The van der Waals surface area contributed by atoms with Gasteiger partial charge in [0.25, 0.3) is 5.91 Å². The number of anilines is 1. The molecular formula is C16H24N3O+. The number of carbonyl (C=O) groups excluding carboxylic acids is 1. The van der Waals surface area contributed by atoms with Gasteiger partial charge in [0.05, 0.1) is 19.7 Å². The molecule has 0 saturated heterocycles. The van der Waals surface area contributed by atoms with Crippen molar-refractivity contribution in [2.45, 2.75) is 33.6 Å². The van der Waals surface area contributed by atoms with Gasteiger partial charge in [-0.25, -0.2) is 0 Å². The van der Waals surface area contributed by atoms with Crippen molar-refractivity contribution in [1.82, 2.24) is 0 Å². The number of amides is 1.